The van der Waals surface area contributed by atoms with Crippen molar-refractivity contribution in [2.75, 3.05) is 19.6 Å². The van der Waals surface area contributed by atoms with Crippen molar-refractivity contribution in [3.63, 3.8) is 0 Å². The summed E-state index contributed by atoms with van der Waals surface area (Å²) < 4.78 is 5.59. The summed E-state index contributed by atoms with van der Waals surface area (Å²) in [6.07, 6.45) is 7.68. The maximum Gasteiger partial charge on any atom is 0.249 e. The van der Waals surface area contributed by atoms with Gasteiger partial charge in [-0.3, -0.25) is 9.59 Å². The topological polar surface area (TPSA) is 79.5 Å². The summed E-state index contributed by atoms with van der Waals surface area (Å²) in [5.74, 6) is 0.569. The van der Waals surface area contributed by atoms with E-state index in [4.69, 9.17) is 16.1 Å². The van der Waals surface area contributed by atoms with Crippen LogP contribution in [-0.4, -0.2) is 51.4 Å². The number of piperidine rings is 1. The summed E-state index contributed by atoms with van der Waals surface area (Å²) in [6, 6.07) is 16.6. The fourth-order valence-electron chi connectivity index (χ4n) is 4.31. The van der Waals surface area contributed by atoms with Crippen LogP contribution in [-0.2, 0) is 9.59 Å². The zero-order valence-corrected chi connectivity index (χ0v) is 21.2. The minimum atomic E-state index is -0.310. The monoisotopic (exact) mass is 506 g/mol. The fourth-order valence-corrected chi connectivity index (χ4v) is 4.50. The van der Waals surface area contributed by atoms with Crippen molar-refractivity contribution < 1.29 is 14.1 Å². The molecule has 1 atom stereocenters. The average molecular weight is 507 g/mol. The minimum Gasteiger partial charge on any atom is -0.337 e. The highest BCUT2D eigenvalue weighted by Crippen LogP contribution is 2.31. The largest absolute Gasteiger partial charge is 0.337 e. The first-order valence-electron chi connectivity index (χ1n) is 12.5. The van der Waals surface area contributed by atoms with Crippen molar-refractivity contribution in [3.05, 3.63) is 77.2 Å². The van der Waals surface area contributed by atoms with Crippen LogP contribution in [0.3, 0.4) is 0 Å². The van der Waals surface area contributed by atoms with E-state index in [2.05, 4.69) is 17.1 Å². The molecule has 8 heteroatoms. The van der Waals surface area contributed by atoms with Gasteiger partial charge < -0.3 is 14.3 Å². The lowest BCUT2D eigenvalue weighted by Crippen LogP contribution is -2.46. The molecule has 36 heavy (non-hydrogen) atoms. The third-order valence-corrected chi connectivity index (χ3v) is 6.51. The lowest BCUT2D eigenvalue weighted by Gasteiger charge is -2.35. The van der Waals surface area contributed by atoms with Crippen molar-refractivity contribution >= 4 is 29.5 Å². The first-order chi connectivity index (χ1) is 17.5. The molecule has 0 bridgehead atoms. The predicted octanol–water partition coefficient (Wildman–Crippen LogP) is 5.79. The Hall–Kier alpha value is -3.45. The van der Waals surface area contributed by atoms with Gasteiger partial charge in [0, 0.05) is 29.8 Å². The number of benzene rings is 2. The van der Waals surface area contributed by atoms with Crippen molar-refractivity contribution in [3.8, 4) is 11.4 Å². The van der Waals surface area contributed by atoms with Gasteiger partial charge in [0.15, 0.2) is 0 Å². The van der Waals surface area contributed by atoms with Gasteiger partial charge in [-0.25, -0.2) is 0 Å². The van der Waals surface area contributed by atoms with Gasteiger partial charge in [-0.1, -0.05) is 72.6 Å². The lowest BCUT2D eigenvalue weighted by molar-refractivity contribution is -0.141. The molecule has 0 spiro atoms. The number of carbonyl (C=O) groups is 2. The standard InChI is InChI=1S/C28H31ClN4O3/c1-2-3-17-32(25(34)16-15-21-10-5-4-6-11-21)20-26(35)33-18-8-7-14-24(33)28-30-27(31-36-28)22-12-9-13-23(29)19-22/h4-6,9-13,15-16,19,24H,2-3,7-8,14,17-18,20H2,1H3/b16-15+. The number of likely N-dealkylation sites (tertiary alicyclic amines) is 1. The predicted molar refractivity (Wildman–Crippen MR) is 140 cm³/mol. The van der Waals surface area contributed by atoms with Crippen LogP contribution in [0.25, 0.3) is 17.5 Å². The number of aromatic nitrogens is 2. The van der Waals surface area contributed by atoms with E-state index >= 15 is 0 Å². The molecule has 3 aromatic rings. The van der Waals surface area contributed by atoms with Crippen molar-refractivity contribution in [1.29, 1.82) is 0 Å². The molecule has 1 aliphatic rings. The average Bonchev–Trinajstić information content (AvgIpc) is 3.40. The van der Waals surface area contributed by atoms with Gasteiger partial charge in [-0.05, 0) is 49.5 Å². The second kappa shape index (κ2) is 12.5. The molecule has 0 saturated carbocycles. The Bertz CT molecular complexity index is 1190. The molecule has 1 aromatic heterocycles. The summed E-state index contributed by atoms with van der Waals surface area (Å²) in [6.45, 7) is 3.20. The van der Waals surface area contributed by atoms with E-state index < -0.39 is 0 Å². The van der Waals surface area contributed by atoms with Crippen LogP contribution in [0.4, 0.5) is 0 Å². The van der Waals surface area contributed by atoms with E-state index in [-0.39, 0.29) is 24.4 Å². The maximum atomic E-state index is 13.5. The number of hydrogen-bond donors (Lipinski definition) is 0. The summed E-state index contributed by atoms with van der Waals surface area (Å²) in [7, 11) is 0. The molecule has 1 fully saturated rings. The third kappa shape index (κ3) is 6.61. The number of hydrogen-bond acceptors (Lipinski definition) is 5. The number of nitrogens with zero attached hydrogens (tertiary/aromatic N) is 4. The van der Waals surface area contributed by atoms with Crippen LogP contribution in [0.15, 0.2) is 65.2 Å². The third-order valence-electron chi connectivity index (χ3n) is 6.27. The molecule has 0 aliphatic carbocycles. The van der Waals surface area contributed by atoms with Crippen molar-refractivity contribution in [2.45, 2.75) is 45.1 Å². The summed E-state index contributed by atoms with van der Waals surface area (Å²) in [4.78, 5) is 34.4. The van der Waals surface area contributed by atoms with Crippen LogP contribution < -0.4 is 0 Å². The smallest absolute Gasteiger partial charge is 0.249 e. The first-order valence-corrected chi connectivity index (χ1v) is 12.8. The minimum absolute atomic E-state index is 0.0176. The summed E-state index contributed by atoms with van der Waals surface area (Å²) in [5, 5.41) is 4.71. The van der Waals surface area contributed by atoms with E-state index in [0.29, 0.717) is 29.8 Å². The fraction of sp³-hybridized carbons (Fsp3) is 0.357. The lowest BCUT2D eigenvalue weighted by atomic mass is 10.0. The van der Waals surface area contributed by atoms with Gasteiger partial charge in [0.1, 0.15) is 12.6 Å². The molecule has 0 radical (unpaired) electrons. The quantitative estimate of drug-likeness (QED) is 0.343. The Morgan fingerprint density at radius 3 is 2.78 bits per heavy atom. The van der Waals surface area contributed by atoms with Crippen molar-refractivity contribution in [2.24, 2.45) is 0 Å². The second-order valence-corrected chi connectivity index (χ2v) is 9.36. The van der Waals surface area contributed by atoms with E-state index in [0.717, 1.165) is 43.2 Å². The number of halogens is 1. The molecule has 1 saturated heterocycles. The molecule has 2 aromatic carbocycles. The van der Waals surface area contributed by atoms with Gasteiger partial charge in [0.2, 0.25) is 23.5 Å². The van der Waals surface area contributed by atoms with E-state index in [1.54, 1.807) is 34.1 Å². The Balaban J connectivity index is 1.48. The number of amides is 2. The van der Waals surface area contributed by atoms with Crippen LogP contribution in [0.2, 0.25) is 5.02 Å². The van der Waals surface area contributed by atoms with Crippen LogP contribution in [0, 0.1) is 0 Å². The molecule has 2 amide bonds. The molecular formula is C28H31ClN4O3. The summed E-state index contributed by atoms with van der Waals surface area (Å²) in [5.41, 5.74) is 1.70. The van der Waals surface area contributed by atoms with Crippen LogP contribution in [0.5, 0.6) is 0 Å². The van der Waals surface area contributed by atoms with Gasteiger partial charge in [0.05, 0.1) is 0 Å². The Morgan fingerprint density at radius 2 is 2.00 bits per heavy atom. The van der Waals surface area contributed by atoms with E-state index in [1.807, 2.05) is 42.5 Å². The Labute approximate surface area is 216 Å². The molecular weight excluding hydrogens is 476 g/mol. The van der Waals surface area contributed by atoms with E-state index in [1.165, 1.54) is 0 Å². The van der Waals surface area contributed by atoms with Crippen molar-refractivity contribution in [1.82, 2.24) is 19.9 Å². The highest BCUT2D eigenvalue weighted by molar-refractivity contribution is 6.30. The Kier molecular flexibility index (Phi) is 8.90. The zero-order valence-electron chi connectivity index (χ0n) is 20.5. The highest BCUT2D eigenvalue weighted by Gasteiger charge is 2.33. The van der Waals surface area contributed by atoms with Gasteiger partial charge >= 0.3 is 0 Å². The SMILES string of the molecule is CCCCN(CC(=O)N1CCCCC1c1nc(-c2cccc(Cl)c2)no1)C(=O)/C=C/c1ccccc1. The van der Waals surface area contributed by atoms with Gasteiger partial charge in [0.25, 0.3) is 0 Å². The molecule has 1 aliphatic heterocycles. The summed E-state index contributed by atoms with van der Waals surface area (Å²) >= 11 is 6.11. The molecule has 2 heterocycles. The molecule has 7 nitrogen and oxygen atoms in total. The normalized spacial score (nSPS) is 15.8. The second-order valence-electron chi connectivity index (χ2n) is 8.92. The van der Waals surface area contributed by atoms with E-state index in [9.17, 15) is 9.59 Å². The first kappa shape index (κ1) is 25.6. The number of unbranched alkanes of at least 4 members (excludes halogenated alkanes) is 1. The van der Waals surface area contributed by atoms with Gasteiger partial charge in [-0.15, -0.1) is 0 Å². The molecule has 188 valence electrons. The highest BCUT2D eigenvalue weighted by atomic mass is 35.5. The van der Waals surface area contributed by atoms with Crippen LogP contribution >= 0.6 is 11.6 Å². The maximum absolute atomic E-state index is 13.5. The molecule has 4 rings (SSSR count). The number of rotatable bonds is 9. The zero-order chi connectivity index (χ0) is 25.3. The number of carbonyl (C=O) groups excluding carboxylic acids is 2. The molecule has 1 unspecified atom stereocenters. The van der Waals surface area contributed by atoms with Gasteiger partial charge in [-0.2, -0.15) is 4.98 Å². The molecule has 0 N–H and O–H groups in total. The Morgan fingerprint density at radius 1 is 1.17 bits per heavy atom. The van der Waals surface area contributed by atoms with Crippen LogP contribution in [0.1, 0.15) is 56.5 Å².